The number of carbonyl (C=O) groups excluding carboxylic acids is 1. The average molecular weight is 405 g/mol. The minimum atomic E-state index is -0.458. The Labute approximate surface area is 175 Å². The summed E-state index contributed by atoms with van der Waals surface area (Å²) in [6, 6.07) is 11.8. The smallest absolute Gasteiger partial charge is 0.270 e. The molecule has 6 heteroatoms. The molecular formula is C24H24FN3O2. The summed E-state index contributed by atoms with van der Waals surface area (Å²) in [5.74, 6) is 1.98. The van der Waals surface area contributed by atoms with Crippen LogP contribution in [0.5, 0.6) is 5.75 Å². The summed E-state index contributed by atoms with van der Waals surface area (Å²) in [6.45, 7) is 0.485. The van der Waals surface area contributed by atoms with E-state index < -0.39 is 5.82 Å². The van der Waals surface area contributed by atoms with Crippen molar-refractivity contribution in [2.24, 2.45) is 0 Å². The number of unbranched alkanes of at least 4 members (excludes halogenated alkanes) is 4. The molecule has 1 N–H and O–H groups in total. The van der Waals surface area contributed by atoms with Gasteiger partial charge in [0.15, 0.2) is 11.6 Å². The number of aromatic nitrogens is 2. The molecule has 0 radical (unpaired) electrons. The topological polar surface area (TPSA) is 64.1 Å². The fraction of sp³-hybridized carbons (Fsp3) is 0.292. The molecule has 0 spiro atoms. The van der Waals surface area contributed by atoms with Crippen LogP contribution in [0.3, 0.4) is 0 Å². The number of pyridine rings is 2. The third-order valence-corrected chi connectivity index (χ3v) is 4.64. The van der Waals surface area contributed by atoms with Crippen molar-refractivity contribution in [1.82, 2.24) is 15.3 Å². The molecule has 3 rings (SSSR count). The summed E-state index contributed by atoms with van der Waals surface area (Å²) in [7, 11) is 0. The summed E-state index contributed by atoms with van der Waals surface area (Å²) >= 11 is 0. The second kappa shape index (κ2) is 10.9. The average Bonchev–Trinajstić information content (AvgIpc) is 2.78. The number of rotatable bonds is 10. The van der Waals surface area contributed by atoms with Crippen LogP contribution in [-0.4, -0.2) is 22.5 Å². The van der Waals surface area contributed by atoms with E-state index in [1.807, 2.05) is 0 Å². The van der Waals surface area contributed by atoms with Gasteiger partial charge in [-0.2, -0.15) is 0 Å². The first-order valence-electron chi connectivity index (χ1n) is 10.0. The second-order valence-corrected chi connectivity index (χ2v) is 6.87. The number of ether oxygens (including phenoxy) is 1. The highest BCUT2D eigenvalue weighted by atomic mass is 19.1. The lowest BCUT2D eigenvalue weighted by Gasteiger charge is -2.11. The van der Waals surface area contributed by atoms with Crippen LogP contribution >= 0.6 is 0 Å². The van der Waals surface area contributed by atoms with E-state index in [9.17, 15) is 9.18 Å². The molecule has 2 heterocycles. The molecule has 3 aromatic rings. The minimum Gasteiger partial charge on any atom is -0.491 e. The molecule has 0 aliphatic rings. The Balaban J connectivity index is 1.53. The maximum absolute atomic E-state index is 14.7. The van der Waals surface area contributed by atoms with E-state index in [1.54, 1.807) is 48.7 Å². The van der Waals surface area contributed by atoms with Crippen molar-refractivity contribution < 1.29 is 13.9 Å². The number of halogens is 1. The third kappa shape index (κ3) is 5.77. The molecule has 0 bridgehead atoms. The van der Waals surface area contributed by atoms with Gasteiger partial charge in [0.2, 0.25) is 0 Å². The number of hydrogen-bond donors (Lipinski definition) is 1. The van der Waals surface area contributed by atoms with Crippen molar-refractivity contribution in [3.05, 3.63) is 65.7 Å². The number of fused-ring (bicyclic) bond motifs is 1. The number of amides is 1. The van der Waals surface area contributed by atoms with Gasteiger partial charge in [-0.05, 0) is 43.2 Å². The number of benzene rings is 1. The van der Waals surface area contributed by atoms with Crippen molar-refractivity contribution >= 4 is 16.9 Å². The van der Waals surface area contributed by atoms with Gasteiger partial charge >= 0.3 is 0 Å². The van der Waals surface area contributed by atoms with Crippen LogP contribution in [0.4, 0.5) is 4.39 Å². The van der Waals surface area contributed by atoms with E-state index in [4.69, 9.17) is 11.2 Å². The van der Waals surface area contributed by atoms with E-state index in [-0.39, 0.29) is 23.9 Å². The van der Waals surface area contributed by atoms with Gasteiger partial charge in [0.25, 0.3) is 5.91 Å². The SMILES string of the molecule is C#CCCCCCCOc1cccc(CNC(=O)c2ccc3ncccc3n2)c1F. The van der Waals surface area contributed by atoms with E-state index in [2.05, 4.69) is 21.2 Å². The highest BCUT2D eigenvalue weighted by Gasteiger charge is 2.12. The molecule has 154 valence electrons. The van der Waals surface area contributed by atoms with Crippen LogP contribution in [0, 0.1) is 18.2 Å². The molecule has 0 saturated heterocycles. The fourth-order valence-corrected chi connectivity index (χ4v) is 3.02. The Morgan fingerprint density at radius 2 is 1.93 bits per heavy atom. The molecule has 0 unspecified atom stereocenters. The summed E-state index contributed by atoms with van der Waals surface area (Å²) < 4.78 is 20.3. The van der Waals surface area contributed by atoms with Crippen molar-refractivity contribution in [1.29, 1.82) is 0 Å². The van der Waals surface area contributed by atoms with Crippen LogP contribution in [0.2, 0.25) is 0 Å². The number of carbonyl (C=O) groups is 1. The number of hydrogen-bond acceptors (Lipinski definition) is 4. The Hall–Kier alpha value is -3.46. The molecule has 0 fully saturated rings. The predicted octanol–water partition coefficient (Wildman–Crippen LogP) is 4.66. The van der Waals surface area contributed by atoms with Gasteiger partial charge in [0.05, 0.1) is 17.6 Å². The summed E-state index contributed by atoms with van der Waals surface area (Å²) in [4.78, 5) is 20.9. The van der Waals surface area contributed by atoms with Gasteiger partial charge in [-0.3, -0.25) is 9.78 Å². The Morgan fingerprint density at radius 3 is 2.80 bits per heavy atom. The first kappa shape index (κ1) is 21.3. The summed E-state index contributed by atoms with van der Waals surface area (Å²) in [5.41, 5.74) is 1.96. The largest absolute Gasteiger partial charge is 0.491 e. The standard InChI is InChI=1S/C24H24FN3O2/c1-2-3-4-5-6-7-16-30-22-12-8-10-18(23(22)25)17-27-24(29)21-14-13-19-20(28-21)11-9-15-26-19/h1,8-15H,3-7,16-17H2,(H,27,29). The molecule has 1 aromatic carbocycles. The molecule has 0 atom stereocenters. The van der Waals surface area contributed by atoms with Crippen LogP contribution in [-0.2, 0) is 6.54 Å². The molecule has 2 aromatic heterocycles. The zero-order valence-corrected chi connectivity index (χ0v) is 16.7. The quantitative estimate of drug-likeness (QED) is 0.394. The van der Waals surface area contributed by atoms with Gasteiger partial charge in [-0.15, -0.1) is 12.3 Å². The Kier molecular flexibility index (Phi) is 7.73. The van der Waals surface area contributed by atoms with Crippen molar-refractivity contribution in [3.8, 4) is 18.1 Å². The number of nitrogens with one attached hydrogen (secondary N) is 1. The maximum Gasteiger partial charge on any atom is 0.270 e. The fourth-order valence-electron chi connectivity index (χ4n) is 3.02. The first-order valence-corrected chi connectivity index (χ1v) is 10.0. The lowest BCUT2D eigenvalue weighted by Crippen LogP contribution is -2.24. The van der Waals surface area contributed by atoms with Crippen molar-refractivity contribution in [3.63, 3.8) is 0 Å². The summed E-state index contributed by atoms with van der Waals surface area (Å²) in [6.07, 6.45) is 11.6. The monoisotopic (exact) mass is 405 g/mol. The molecule has 1 amide bonds. The molecule has 30 heavy (non-hydrogen) atoms. The summed E-state index contributed by atoms with van der Waals surface area (Å²) in [5, 5.41) is 2.71. The lowest BCUT2D eigenvalue weighted by molar-refractivity contribution is 0.0946. The van der Waals surface area contributed by atoms with Crippen LogP contribution in [0.1, 0.15) is 48.2 Å². The highest BCUT2D eigenvalue weighted by molar-refractivity contribution is 5.94. The van der Waals surface area contributed by atoms with E-state index in [1.165, 1.54) is 0 Å². The van der Waals surface area contributed by atoms with Gasteiger partial charge < -0.3 is 10.1 Å². The molecule has 0 aliphatic heterocycles. The Morgan fingerprint density at radius 1 is 1.07 bits per heavy atom. The van der Waals surface area contributed by atoms with Gasteiger partial charge in [-0.25, -0.2) is 9.37 Å². The van der Waals surface area contributed by atoms with Gasteiger partial charge in [0, 0.05) is 24.7 Å². The van der Waals surface area contributed by atoms with Crippen LogP contribution in [0.25, 0.3) is 11.0 Å². The zero-order valence-electron chi connectivity index (χ0n) is 16.7. The normalized spacial score (nSPS) is 10.5. The zero-order chi connectivity index (χ0) is 21.2. The second-order valence-electron chi connectivity index (χ2n) is 6.87. The molecule has 0 aliphatic carbocycles. The molecule has 5 nitrogen and oxygen atoms in total. The molecular weight excluding hydrogens is 381 g/mol. The highest BCUT2D eigenvalue weighted by Crippen LogP contribution is 2.21. The van der Waals surface area contributed by atoms with Crippen LogP contribution in [0.15, 0.2) is 48.7 Å². The van der Waals surface area contributed by atoms with E-state index in [0.29, 0.717) is 23.2 Å². The first-order chi connectivity index (χ1) is 14.7. The van der Waals surface area contributed by atoms with Gasteiger partial charge in [-0.1, -0.05) is 25.0 Å². The minimum absolute atomic E-state index is 0.0424. The third-order valence-electron chi connectivity index (χ3n) is 4.64. The van der Waals surface area contributed by atoms with E-state index in [0.717, 1.165) is 32.1 Å². The number of nitrogens with zero attached hydrogens (tertiary/aromatic N) is 2. The predicted molar refractivity (Wildman–Crippen MR) is 115 cm³/mol. The van der Waals surface area contributed by atoms with E-state index >= 15 is 0 Å². The molecule has 0 saturated carbocycles. The lowest BCUT2D eigenvalue weighted by atomic mass is 10.1. The maximum atomic E-state index is 14.7. The van der Waals surface area contributed by atoms with Gasteiger partial charge in [0.1, 0.15) is 5.69 Å². The van der Waals surface area contributed by atoms with Crippen molar-refractivity contribution in [2.45, 2.75) is 38.6 Å². The van der Waals surface area contributed by atoms with Crippen LogP contribution < -0.4 is 10.1 Å². The Bertz CT molecular complexity index is 1050. The van der Waals surface area contributed by atoms with Crippen molar-refractivity contribution in [2.75, 3.05) is 6.61 Å². The number of terminal acetylenes is 1.